The predicted octanol–water partition coefficient (Wildman–Crippen LogP) is 6.32. The molecule has 1 unspecified atom stereocenters. The van der Waals surface area contributed by atoms with Crippen LogP contribution in [-0.2, 0) is 9.53 Å². The minimum atomic E-state index is -9.01. The third-order valence-electron chi connectivity index (χ3n) is 3.50. The Bertz CT molecular complexity index is 760. The van der Waals surface area contributed by atoms with Gasteiger partial charge in [0.05, 0.1) is 0 Å². The normalized spacial score (nSPS) is 17.4. The summed E-state index contributed by atoms with van der Waals surface area (Å²) in [7, 11) is 0. The molecule has 0 aromatic carbocycles. The van der Waals surface area contributed by atoms with Crippen molar-refractivity contribution >= 4 is 5.97 Å². The van der Waals surface area contributed by atoms with Gasteiger partial charge in [0.15, 0.2) is 0 Å². The lowest BCUT2D eigenvalue weighted by Gasteiger charge is -2.44. The molecule has 196 valence electrons. The van der Waals surface area contributed by atoms with Gasteiger partial charge in [-0.2, -0.15) is 83.4 Å². The van der Waals surface area contributed by atoms with Crippen molar-refractivity contribution in [1.29, 1.82) is 0 Å². The average molecular weight is 540 g/mol. The van der Waals surface area contributed by atoms with Gasteiger partial charge in [-0.05, 0) is 0 Å². The molecule has 0 aliphatic heterocycles. The van der Waals surface area contributed by atoms with Gasteiger partial charge in [0.1, 0.15) is 0 Å². The number of carbonyl (C=O) groups excluding carboxylic acids is 1. The summed E-state index contributed by atoms with van der Waals surface area (Å²) in [6, 6.07) is 0. The summed E-state index contributed by atoms with van der Waals surface area (Å²) in [5.74, 6) is -63.5. The topological polar surface area (TPSA) is 26.3 Å². The smallest absolute Gasteiger partial charge is 0.411 e. The molecule has 1 atom stereocenters. The summed E-state index contributed by atoms with van der Waals surface area (Å²) < 4.78 is 248. The van der Waals surface area contributed by atoms with Crippen molar-refractivity contribution in [3.8, 4) is 0 Å². The van der Waals surface area contributed by atoms with Crippen LogP contribution < -0.4 is 0 Å². The number of rotatable bonds is 8. The van der Waals surface area contributed by atoms with Crippen molar-refractivity contribution in [2.75, 3.05) is 0 Å². The van der Waals surface area contributed by atoms with Gasteiger partial charge < -0.3 is 4.74 Å². The van der Waals surface area contributed by atoms with Gasteiger partial charge in [0.25, 0.3) is 0 Å². The molecule has 2 nitrogen and oxygen atoms in total. The summed E-state index contributed by atoms with van der Waals surface area (Å²) in [4.78, 5) is 10.6. The molecule has 0 aromatic heterocycles. The molecule has 0 rings (SSSR count). The van der Waals surface area contributed by atoms with Gasteiger partial charge in [-0.1, -0.05) is 6.58 Å². The molecule has 0 radical (unpaired) electrons. The fraction of sp³-hybridized carbons (Fsp3) is 0.750. The van der Waals surface area contributed by atoms with Crippen LogP contribution in [0.3, 0.4) is 0 Å². The molecular formula is C12H3F19O2. The zero-order valence-electron chi connectivity index (χ0n) is 14.3. The van der Waals surface area contributed by atoms with Crippen LogP contribution in [0.4, 0.5) is 83.4 Å². The van der Waals surface area contributed by atoms with Crippen LogP contribution in [0.15, 0.2) is 12.7 Å². The first-order valence-corrected chi connectivity index (χ1v) is 6.90. The van der Waals surface area contributed by atoms with E-state index in [1.807, 2.05) is 0 Å². The second kappa shape index (κ2) is 7.70. The van der Waals surface area contributed by atoms with E-state index in [9.17, 15) is 88.2 Å². The molecule has 0 saturated heterocycles. The Morgan fingerprint density at radius 1 is 0.485 bits per heavy atom. The summed E-state index contributed by atoms with van der Waals surface area (Å²) in [6.45, 7) is 2.14. The van der Waals surface area contributed by atoms with Crippen molar-refractivity contribution < 1.29 is 92.9 Å². The van der Waals surface area contributed by atoms with E-state index in [2.05, 4.69) is 11.3 Å². The molecular weight excluding hydrogens is 537 g/mol. The van der Waals surface area contributed by atoms with Crippen LogP contribution in [0.2, 0.25) is 0 Å². The number of hydrogen-bond donors (Lipinski definition) is 0. The lowest BCUT2D eigenvalue weighted by molar-refractivity contribution is -0.481. The predicted molar refractivity (Wildman–Crippen MR) is 61.9 cm³/mol. The van der Waals surface area contributed by atoms with Crippen molar-refractivity contribution in [2.45, 2.75) is 53.7 Å². The van der Waals surface area contributed by atoms with Gasteiger partial charge in [0.2, 0.25) is 0 Å². The third kappa shape index (κ3) is 3.93. The van der Waals surface area contributed by atoms with Crippen molar-refractivity contribution in [3.05, 3.63) is 12.7 Å². The van der Waals surface area contributed by atoms with Gasteiger partial charge in [-0.3, -0.25) is 0 Å². The molecule has 0 aliphatic carbocycles. The first-order valence-electron chi connectivity index (χ1n) is 6.90. The summed E-state index contributed by atoms with van der Waals surface area (Å²) >= 11 is 0. The number of carbonyl (C=O) groups is 1. The standard InChI is InChI=1S/C12H3F19O2/c1-2-3(32)33-10(25,12(29,30)31)8(21,22)6(17,18)4(13,14)5(15,16)7(19,20)9(23,24)11(26,27)28/h2H,1H2. The molecule has 0 N–H and O–H groups in total. The van der Waals surface area contributed by atoms with Crippen molar-refractivity contribution in [3.63, 3.8) is 0 Å². The third-order valence-corrected chi connectivity index (χ3v) is 3.50. The summed E-state index contributed by atoms with van der Waals surface area (Å²) in [5.41, 5.74) is 0. The zero-order valence-corrected chi connectivity index (χ0v) is 14.3. The SMILES string of the molecule is C=CC(=O)OC(F)(C(F)(F)F)C(F)(F)C(F)(F)C(F)(F)C(F)(F)C(F)(F)C(F)(F)C(F)(F)F. The number of ether oxygens (including phenoxy) is 1. The highest BCUT2D eigenvalue weighted by Gasteiger charge is 2.97. The molecule has 33 heavy (non-hydrogen) atoms. The summed E-state index contributed by atoms with van der Waals surface area (Å²) in [5, 5.41) is 0. The Morgan fingerprint density at radius 3 is 1.00 bits per heavy atom. The molecule has 0 bridgehead atoms. The Kier molecular flexibility index (Phi) is 7.21. The molecule has 0 heterocycles. The van der Waals surface area contributed by atoms with E-state index < -0.39 is 65.8 Å². The Labute approximate surface area is 166 Å². The quantitative estimate of drug-likeness (QED) is 0.205. The zero-order chi connectivity index (χ0) is 27.5. The van der Waals surface area contributed by atoms with Gasteiger partial charge in [-0.15, -0.1) is 0 Å². The van der Waals surface area contributed by atoms with Crippen LogP contribution >= 0.6 is 0 Å². The lowest BCUT2D eigenvalue weighted by atomic mass is 9.88. The fourth-order valence-corrected chi connectivity index (χ4v) is 1.65. The second-order valence-electron chi connectivity index (χ2n) is 5.66. The Hall–Kier alpha value is -2.12. The number of halogens is 19. The van der Waals surface area contributed by atoms with Crippen molar-refractivity contribution in [2.24, 2.45) is 0 Å². The van der Waals surface area contributed by atoms with E-state index in [0.717, 1.165) is 0 Å². The second-order valence-corrected chi connectivity index (χ2v) is 5.66. The maximum Gasteiger partial charge on any atom is 0.467 e. The number of hydrogen-bond acceptors (Lipinski definition) is 2. The minimum absolute atomic E-state index is 0.709. The molecule has 0 spiro atoms. The molecule has 0 amide bonds. The van der Waals surface area contributed by atoms with E-state index in [4.69, 9.17) is 0 Å². The Balaban J connectivity index is 7.11. The van der Waals surface area contributed by atoms with Crippen LogP contribution in [0.25, 0.3) is 0 Å². The van der Waals surface area contributed by atoms with Crippen molar-refractivity contribution in [1.82, 2.24) is 0 Å². The van der Waals surface area contributed by atoms with Crippen LogP contribution in [0.5, 0.6) is 0 Å². The highest BCUT2D eigenvalue weighted by atomic mass is 19.4. The Morgan fingerprint density at radius 2 is 0.758 bits per heavy atom. The average Bonchev–Trinajstić information content (AvgIpc) is 2.58. The molecule has 0 aliphatic rings. The minimum Gasteiger partial charge on any atom is -0.411 e. The maximum atomic E-state index is 13.7. The van der Waals surface area contributed by atoms with Crippen LogP contribution in [-0.4, -0.2) is 59.7 Å². The first kappa shape index (κ1) is 30.9. The van der Waals surface area contributed by atoms with E-state index >= 15 is 0 Å². The molecule has 0 saturated carbocycles. The van der Waals surface area contributed by atoms with Gasteiger partial charge in [-0.25, -0.2) is 4.79 Å². The number of alkyl halides is 19. The van der Waals surface area contributed by atoms with E-state index in [-0.39, 0.29) is 0 Å². The van der Waals surface area contributed by atoms with E-state index in [0.29, 0.717) is 0 Å². The van der Waals surface area contributed by atoms with Crippen LogP contribution in [0.1, 0.15) is 0 Å². The van der Waals surface area contributed by atoms with E-state index in [1.54, 1.807) is 0 Å². The fourth-order valence-electron chi connectivity index (χ4n) is 1.65. The monoisotopic (exact) mass is 540 g/mol. The molecule has 0 fully saturated rings. The van der Waals surface area contributed by atoms with Gasteiger partial charge >= 0.3 is 59.7 Å². The lowest BCUT2D eigenvalue weighted by Crippen LogP contribution is -2.76. The molecule has 0 aromatic rings. The van der Waals surface area contributed by atoms with Gasteiger partial charge in [0, 0.05) is 6.08 Å². The largest absolute Gasteiger partial charge is 0.467 e. The molecule has 21 heteroatoms. The number of esters is 1. The highest BCUT2D eigenvalue weighted by molar-refractivity contribution is 5.81. The maximum absolute atomic E-state index is 13.7. The first-order chi connectivity index (χ1) is 14.0. The highest BCUT2D eigenvalue weighted by Crippen LogP contribution is 2.65. The van der Waals surface area contributed by atoms with E-state index in [1.165, 1.54) is 0 Å². The summed E-state index contributed by atoms with van der Waals surface area (Å²) in [6.07, 6.45) is -16.4. The van der Waals surface area contributed by atoms with Crippen LogP contribution in [0, 0.1) is 0 Å².